The number of rotatable bonds is 1. The summed E-state index contributed by atoms with van der Waals surface area (Å²) in [6, 6.07) is 9.44. The van der Waals surface area contributed by atoms with E-state index < -0.39 is 0 Å². The van der Waals surface area contributed by atoms with E-state index in [-0.39, 0.29) is 5.56 Å². The molecule has 0 aliphatic carbocycles. The molecule has 2 aromatic heterocycles. The van der Waals surface area contributed by atoms with Crippen LogP contribution in [0.4, 0.5) is 0 Å². The van der Waals surface area contributed by atoms with Gasteiger partial charge in [-0.3, -0.25) is 4.79 Å². The van der Waals surface area contributed by atoms with Crippen LogP contribution in [0.2, 0.25) is 0 Å². The van der Waals surface area contributed by atoms with Crippen molar-refractivity contribution in [2.75, 3.05) is 0 Å². The minimum Gasteiger partial charge on any atom is -0.352 e. The van der Waals surface area contributed by atoms with Crippen molar-refractivity contribution in [1.82, 2.24) is 14.9 Å². The van der Waals surface area contributed by atoms with E-state index in [1.165, 1.54) is 4.68 Å². The van der Waals surface area contributed by atoms with Gasteiger partial charge in [-0.15, -0.1) is 0 Å². The Labute approximate surface area is 110 Å². The first-order chi connectivity index (χ1) is 8.68. The van der Waals surface area contributed by atoms with Gasteiger partial charge in [-0.05, 0) is 15.9 Å². The lowest BCUT2D eigenvalue weighted by Gasteiger charge is -1.98. The Morgan fingerprint density at radius 3 is 2.72 bits per heavy atom. The molecular formula is C12H8BrN3O2. The number of hydrogen-bond donors (Lipinski definition) is 0. The lowest BCUT2D eigenvalue weighted by atomic mass is 10.1. The number of benzene rings is 1. The molecule has 0 atom stereocenters. The third-order valence-corrected chi connectivity index (χ3v) is 3.19. The van der Waals surface area contributed by atoms with Gasteiger partial charge >= 0.3 is 0 Å². The van der Waals surface area contributed by atoms with E-state index in [9.17, 15) is 4.79 Å². The van der Waals surface area contributed by atoms with E-state index in [0.29, 0.717) is 21.3 Å². The van der Waals surface area contributed by atoms with Crippen LogP contribution in [0.1, 0.15) is 0 Å². The highest BCUT2D eigenvalue weighted by Gasteiger charge is 2.18. The first-order valence-corrected chi connectivity index (χ1v) is 6.05. The van der Waals surface area contributed by atoms with Gasteiger partial charge in [-0.25, -0.2) is 4.68 Å². The minimum atomic E-state index is -0.228. The molecule has 0 aliphatic rings. The molecule has 1 aromatic carbocycles. The van der Waals surface area contributed by atoms with Crippen molar-refractivity contribution >= 4 is 26.9 Å². The van der Waals surface area contributed by atoms with E-state index in [4.69, 9.17) is 4.52 Å². The smallest absolute Gasteiger partial charge is 0.280 e. The standard InChI is InChI=1S/C12H8BrN3O2/c1-16-12(17)8-9(7-5-3-2-4-6-7)15-18-10(8)11(13)14-16/h2-6H,1H3. The quantitative estimate of drug-likeness (QED) is 0.692. The molecule has 0 amide bonds. The molecule has 0 bridgehead atoms. The molecule has 2 heterocycles. The Balaban J connectivity index is 2.43. The van der Waals surface area contributed by atoms with E-state index in [0.717, 1.165) is 5.56 Å². The Bertz CT molecular complexity index is 777. The van der Waals surface area contributed by atoms with Gasteiger partial charge in [0.1, 0.15) is 11.1 Å². The van der Waals surface area contributed by atoms with Crippen molar-refractivity contribution in [2.45, 2.75) is 0 Å². The van der Waals surface area contributed by atoms with E-state index >= 15 is 0 Å². The topological polar surface area (TPSA) is 60.9 Å². The zero-order chi connectivity index (χ0) is 12.7. The molecule has 0 spiro atoms. The zero-order valence-corrected chi connectivity index (χ0v) is 11.0. The summed E-state index contributed by atoms with van der Waals surface area (Å²) in [7, 11) is 1.59. The third kappa shape index (κ3) is 1.57. The molecule has 5 nitrogen and oxygen atoms in total. The summed E-state index contributed by atoms with van der Waals surface area (Å²) in [6.45, 7) is 0. The summed E-state index contributed by atoms with van der Waals surface area (Å²) in [4.78, 5) is 12.1. The molecule has 0 aliphatic heterocycles. The van der Waals surface area contributed by atoms with Crippen LogP contribution in [0.3, 0.4) is 0 Å². The second-order valence-electron chi connectivity index (χ2n) is 3.82. The molecule has 18 heavy (non-hydrogen) atoms. The van der Waals surface area contributed by atoms with Crippen LogP contribution >= 0.6 is 15.9 Å². The van der Waals surface area contributed by atoms with Crippen LogP contribution in [0.15, 0.2) is 44.3 Å². The van der Waals surface area contributed by atoms with Crippen LogP contribution in [0.25, 0.3) is 22.2 Å². The summed E-state index contributed by atoms with van der Waals surface area (Å²) in [6.07, 6.45) is 0. The Morgan fingerprint density at radius 2 is 2.00 bits per heavy atom. The fraction of sp³-hybridized carbons (Fsp3) is 0.0833. The van der Waals surface area contributed by atoms with Gasteiger partial charge in [0.15, 0.2) is 4.60 Å². The molecule has 0 radical (unpaired) electrons. The van der Waals surface area contributed by atoms with Crippen molar-refractivity contribution in [2.24, 2.45) is 7.05 Å². The van der Waals surface area contributed by atoms with Crippen molar-refractivity contribution in [3.05, 3.63) is 45.3 Å². The third-order valence-electron chi connectivity index (χ3n) is 2.67. The molecule has 6 heteroatoms. The largest absolute Gasteiger partial charge is 0.352 e. The maximum Gasteiger partial charge on any atom is 0.280 e. The van der Waals surface area contributed by atoms with Gasteiger partial charge in [-0.2, -0.15) is 5.10 Å². The van der Waals surface area contributed by atoms with E-state index in [1.54, 1.807) is 7.05 Å². The van der Waals surface area contributed by atoms with E-state index in [2.05, 4.69) is 26.2 Å². The predicted octanol–water partition coefficient (Wildman–Crippen LogP) is 2.35. The Morgan fingerprint density at radius 1 is 1.28 bits per heavy atom. The average molecular weight is 306 g/mol. The lowest BCUT2D eigenvalue weighted by Crippen LogP contribution is -2.19. The molecule has 90 valence electrons. The van der Waals surface area contributed by atoms with Gasteiger partial charge in [0.05, 0.1) is 0 Å². The monoisotopic (exact) mass is 305 g/mol. The van der Waals surface area contributed by atoms with Crippen molar-refractivity contribution in [3.8, 4) is 11.3 Å². The maximum absolute atomic E-state index is 12.1. The highest BCUT2D eigenvalue weighted by atomic mass is 79.9. The summed E-state index contributed by atoms with van der Waals surface area (Å²) in [5.41, 5.74) is 1.52. The molecule has 3 rings (SSSR count). The zero-order valence-electron chi connectivity index (χ0n) is 9.42. The summed E-state index contributed by atoms with van der Waals surface area (Å²) >= 11 is 3.26. The second-order valence-corrected chi connectivity index (χ2v) is 4.57. The van der Waals surface area contributed by atoms with Gasteiger partial charge in [0.2, 0.25) is 5.58 Å². The highest BCUT2D eigenvalue weighted by Crippen LogP contribution is 2.28. The Hall–Kier alpha value is -1.95. The number of aromatic nitrogens is 3. The van der Waals surface area contributed by atoms with Gasteiger partial charge < -0.3 is 4.52 Å². The lowest BCUT2D eigenvalue weighted by molar-refractivity contribution is 0.455. The predicted molar refractivity (Wildman–Crippen MR) is 70.2 cm³/mol. The highest BCUT2D eigenvalue weighted by molar-refractivity contribution is 9.10. The molecular weight excluding hydrogens is 298 g/mol. The fourth-order valence-corrected chi connectivity index (χ4v) is 2.32. The van der Waals surface area contributed by atoms with Crippen molar-refractivity contribution < 1.29 is 4.52 Å². The number of fused-ring (bicyclic) bond motifs is 1. The van der Waals surface area contributed by atoms with Gasteiger partial charge in [0.25, 0.3) is 5.56 Å². The molecule has 0 N–H and O–H groups in total. The molecule has 0 saturated carbocycles. The number of halogens is 1. The van der Waals surface area contributed by atoms with Crippen LogP contribution in [-0.2, 0) is 7.05 Å². The van der Waals surface area contributed by atoms with Gasteiger partial charge in [0, 0.05) is 12.6 Å². The number of hydrogen-bond acceptors (Lipinski definition) is 4. The number of nitrogens with zero attached hydrogens (tertiary/aromatic N) is 3. The molecule has 0 fully saturated rings. The fourth-order valence-electron chi connectivity index (χ4n) is 1.81. The first kappa shape index (κ1) is 11.2. The van der Waals surface area contributed by atoms with Crippen LogP contribution in [-0.4, -0.2) is 14.9 Å². The SMILES string of the molecule is Cn1nc(Br)c2onc(-c3ccccc3)c2c1=O. The van der Waals surface area contributed by atoms with Gasteiger partial charge in [-0.1, -0.05) is 35.5 Å². The average Bonchev–Trinajstić information content (AvgIpc) is 2.82. The van der Waals surface area contributed by atoms with Crippen molar-refractivity contribution in [1.29, 1.82) is 0 Å². The molecule has 3 aromatic rings. The van der Waals surface area contributed by atoms with Crippen LogP contribution < -0.4 is 5.56 Å². The molecule has 0 unspecified atom stereocenters. The minimum absolute atomic E-state index is 0.228. The number of aryl methyl sites for hydroxylation is 1. The Kier molecular flexibility index (Phi) is 2.52. The maximum atomic E-state index is 12.1. The summed E-state index contributed by atoms with van der Waals surface area (Å²) < 4.78 is 6.92. The van der Waals surface area contributed by atoms with Crippen LogP contribution in [0, 0.1) is 0 Å². The second kappa shape index (κ2) is 4.06. The summed E-state index contributed by atoms with van der Waals surface area (Å²) in [5.74, 6) is 0. The molecule has 0 saturated heterocycles. The van der Waals surface area contributed by atoms with E-state index in [1.807, 2.05) is 30.3 Å². The normalized spacial score (nSPS) is 11.0. The first-order valence-electron chi connectivity index (χ1n) is 5.26. The summed E-state index contributed by atoms with van der Waals surface area (Å²) in [5, 5.41) is 8.40. The van der Waals surface area contributed by atoms with Crippen LogP contribution in [0.5, 0.6) is 0 Å². The van der Waals surface area contributed by atoms with Crippen molar-refractivity contribution in [3.63, 3.8) is 0 Å².